The summed E-state index contributed by atoms with van der Waals surface area (Å²) in [6, 6.07) is 7.76. The van der Waals surface area contributed by atoms with Gasteiger partial charge in [-0.15, -0.1) is 0 Å². The van der Waals surface area contributed by atoms with E-state index in [-0.39, 0.29) is 16.9 Å². The maximum Gasteiger partial charge on any atom is 0.292 e. The van der Waals surface area contributed by atoms with Crippen molar-refractivity contribution in [3.63, 3.8) is 0 Å². The van der Waals surface area contributed by atoms with E-state index in [9.17, 15) is 14.9 Å². The molecule has 0 aliphatic heterocycles. The minimum atomic E-state index is -0.545. The summed E-state index contributed by atoms with van der Waals surface area (Å²) in [6.45, 7) is 4.63. The van der Waals surface area contributed by atoms with E-state index in [2.05, 4.69) is 20.5 Å². The third-order valence-electron chi connectivity index (χ3n) is 4.54. The first-order valence-electron chi connectivity index (χ1n) is 8.91. The summed E-state index contributed by atoms with van der Waals surface area (Å²) < 4.78 is 3.39. The van der Waals surface area contributed by atoms with Crippen molar-refractivity contribution in [2.45, 2.75) is 20.4 Å². The van der Waals surface area contributed by atoms with E-state index in [0.29, 0.717) is 5.65 Å². The lowest BCUT2D eigenvalue weighted by atomic mass is 10.2. The Morgan fingerprint density at radius 3 is 2.79 bits per heavy atom. The number of fused-ring (bicyclic) bond motifs is 1. The van der Waals surface area contributed by atoms with Crippen LogP contribution in [0.1, 0.15) is 23.0 Å². The fraction of sp³-hybridized carbons (Fsp3) is 0.158. The van der Waals surface area contributed by atoms with Gasteiger partial charge in [-0.25, -0.2) is 9.50 Å². The summed E-state index contributed by atoms with van der Waals surface area (Å²) in [5.74, 6) is -0.528. The number of benzene rings is 1. The van der Waals surface area contributed by atoms with Crippen LogP contribution in [-0.4, -0.2) is 35.2 Å². The number of carbonyl (C=O) groups excluding carboxylic acids is 1. The molecule has 1 aromatic carbocycles. The molecule has 0 radical (unpaired) electrons. The molecular formula is C19H17N7O3. The summed E-state index contributed by atoms with van der Waals surface area (Å²) in [4.78, 5) is 27.7. The van der Waals surface area contributed by atoms with Crippen LogP contribution in [0, 0.1) is 17.0 Å². The maximum atomic E-state index is 12.8. The van der Waals surface area contributed by atoms with Crippen LogP contribution >= 0.6 is 0 Å². The molecule has 4 aromatic rings. The summed E-state index contributed by atoms with van der Waals surface area (Å²) in [5.41, 5.74) is 2.95. The number of carbonyl (C=O) groups is 1. The maximum absolute atomic E-state index is 12.8. The molecule has 29 heavy (non-hydrogen) atoms. The molecule has 4 rings (SSSR count). The van der Waals surface area contributed by atoms with Crippen molar-refractivity contribution in [3.8, 4) is 11.3 Å². The lowest BCUT2D eigenvalue weighted by Crippen LogP contribution is -2.13. The quantitative estimate of drug-likeness (QED) is 0.412. The normalized spacial score (nSPS) is 11.0. The molecular weight excluding hydrogens is 374 g/mol. The number of hydrogen-bond acceptors (Lipinski definition) is 6. The molecule has 10 heteroatoms. The van der Waals surface area contributed by atoms with E-state index >= 15 is 0 Å². The average Bonchev–Trinajstić information content (AvgIpc) is 3.31. The molecule has 0 aliphatic rings. The van der Waals surface area contributed by atoms with Crippen molar-refractivity contribution in [2.75, 3.05) is 5.32 Å². The highest BCUT2D eigenvalue weighted by Gasteiger charge is 2.21. The van der Waals surface area contributed by atoms with E-state index in [1.807, 2.05) is 24.7 Å². The van der Waals surface area contributed by atoms with E-state index in [1.54, 1.807) is 22.8 Å². The number of aromatic nitrogens is 5. The van der Waals surface area contributed by atoms with Crippen LogP contribution in [0.4, 0.5) is 11.4 Å². The highest BCUT2D eigenvalue weighted by atomic mass is 16.6. The van der Waals surface area contributed by atoms with Crippen LogP contribution in [0.2, 0.25) is 0 Å². The molecule has 0 aliphatic carbocycles. The number of para-hydroxylation sites is 2. The second-order valence-electron chi connectivity index (χ2n) is 6.34. The van der Waals surface area contributed by atoms with Crippen molar-refractivity contribution >= 4 is 22.9 Å². The highest BCUT2D eigenvalue weighted by Crippen LogP contribution is 2.26. The Hall–Kier alpha value is -4.08. The number of nitrogens with one attached hydrogen (secondary N) is 1. The first-order valence-corrected chi connectivity index (χ1v) is 8.91. The van der Waals surface area contributed by atoms with Crippen molar-refractivity contribution in [1.82, 2.24) is 24.4 Å². The number of nitro benzene ring substituents is 1. The molecule has 1 amide bonds. The molecule has 0 saturated carbocycles. The Balaban J connectivity index is 1.74. The molecule has 3 aromatic heterocycles. The van der Waals surface area contributed by atoms with Gasteiger partial charge < -0.3 is 5.32 Å². The van der Waals surface area contributed by atoms with Crippen LogP contribution < -0.4 is 5.32 Å². The lowest BCUT2D eigenvalue weighted by Gasteiger charge is -2.06. The van der Waals surface area contributed by atoms with Gasteiger partial charge in [0, 0.05) is 30.6 Å². The monoisotopic (exact) mass is 391 g/mol. The highest BCUT2D eigenvalue weighted by molar-refractivity contribution is 6.09. The van der Waals surface area contributed by atoms with Crippen molar-refractivity contribution < 1.29 is 9.72 Å². The SMILES string of the molecule is CCn1cc(-c2ccnc3c(C(=O)Nc4ccccc4[N+](=O)[O-])cnn23)c(C)n1. The lowest BCUT2D eigenvalue weighted by molar-refractivity contribution is -0.383. The first-order chi connectivity index (χ1) is 14.0. The number of hydrogen-bond donors (Lipinski definition) is 1. The zero-order chi connectivity index (χ0) is 20.5. The first kappa shape index (κ1) is 18.3. The number of rotatable bonds is 5. The number of anilines is 1. The predicted molar refractivity (Wildman–Crippen MR) is 106 cm³/mol. The van der Waals surface area contributed by atoms with Crippen LogP contribution in [0.3, 0.4) is 0 Å². The largest absolute Gasteiger partial charge is 0.316 e. The third-order valence-corrected chi connectivity index (χ3v) is 4.54. The van der Waals surface area contributed by atoms with Crippen LogP contribution in [0.25, 0.3) is 16.9 Å². The second kappa shape index (κ2) is 7.15. The third kappa shape index (κ3) is 3.20. The van der Waals surface area contributed by atoms with Gasteiger partial charge in [-0.3, -0.25) is 19.6 Å². The van der Waals surface area contributed by atoms with Gasteiger partial charge >= 0.3 is 0 Å². The average molecular weight is 391 g/mol. The standard InChI is InChI=1S/C19H17N7O3/c1-3-24-11-14(12(2)23-24)16-8-9-20-18-13(10-21-25(16)18)19(27)22-15-6-4-5-7-17(15)26(28)29/h4-11H,3H2,1-2H3,(H,22,27). The van der Waals surface area contributed by atoms with E-state index < -0.39 is 10.8 Å². The molecule has 0 atom stereocenters. The van der Waals surface area contributed by atoms with Crippen molar-refractivity contribution in [3.05, 3.63) is 70.3 Å². The van der Waals surface area contributed by atoms with Crippen LogP contribution in [0.5, 0.6) is 0 Å². The number of amides is 1. The topological polar surface area (TPSA) is 120 Å². The molecule has 0 unspecified atom stereocenters. The number of nitrogens with zero attached hydrogens (tertiary/aromatic N) is 6. The Morgan fingerprint density at radius 2 is 2.07 bits per heavy atom. The van der Waals surface area contributed by atoms with Crippen LogP contribution in [0.15, 0.2) is 48.9 Å². The van der Waals surface area contributed by atoms with Gasteiger partial charge in [-0.2, -0.15) is 10.2 Å². The zero-order valence-electron chi connectivity index (χ0n) is 15.7. The van der Waals surface area contributed by atoms with Gasteiger partial charge in [0.1, 0.15) is 11.3 Å². The molecule has 3 heterocycles. The van der Waals surface area contributed by atoms with Gasteiger partial charge in [0.15, 0.2) is 5.65 Å². The van der Waals surface area contributed by atoms with Gasteiger partial charge in [0.05, 0.1) is 22.5 Å². The molecule has 0 spiro atoms. The fourth-order valence-corrected chi connectivity index (χ4v) is 3.12. The zero-order valence-corrected chi connectivity index (χ0v) is 15.7. The van der Waals surface area contributed by atoms with Gasteiger partial charge in [0.2, 0.25) is 0 Å². The summed E-state index contributed by atoms with van der Waals surface area (Å²) in [5, 5.41) is 22.5. The molecule has 146 valence electrons. The van der Waals surface area contributed by atoms with Gasteiger partial charge in [-0.05, 0) is 26.0 Å². The molecule has 10 nitrogen and oxygen atoms in total. The molecule has 0 bridgehead atoms. The Labute approximate surface area is 165 Å². The molecule has 1 N–H and O–H groups in total. The minimum absolute atomic E-state index is 0.109. The van der Waals surface area contributed by atoms with Crippen molar-refractivity contribution in [2.24, 2.45) is 0 Å². The van der Waals surface area contributed by atoms with Crippen LogP contribution in [-0.2, 0) is 6.54 Å². The fourth-order valence-electron chi connectivity index (χ4n) is 3.12. The van der Waals surface area contributed by atoms with Crippen molar-refractivity contribution in [1.29, 1.82) is 0 Å². The summed E-state index contributed by atoms with van der Waals surface area (Å²) in [7, 11) is 0. The summed E-state index contributed by atoms with van der Waals surface area (Å²) >= 11 is 0. The van der Waals surface area contributed by atoms with Gasteiger partial charge in [-0.1, -0.05) is 12.1 Å². The van der Waals surface area contributed by atoms with E-state index in [4.69, 9.17) is 0 Å². The Morgan fingerprint density at radius 1 is 1.28 bits per heavy atom. The minimum Gasteiger partial charge on any atom is -0.316 e. The number of aryl methyl sites for hydroxylation is 2. The predicted octanol–water partition coefficient (Wildman–Crippen LogP) is 3.08. The smallest absolute Gasteiger partial charge is 0.292 e. The molecule has 0 fully saturated rings. The van der Waals surface area contributed by atoms with E-state index in [1.165, 1.54) is 24.4 Å². The van der Waals surface area contributed by atoms with Gasteiger partial charge in [0.25, 0.3) is 11.6 Å². The summed E-state index contributed by atoms with van der Waals surface area (Å²) in [6.07, 6.45) is 4.91. The number of nitro groups is 1. The molecule has 0 saturated heterocycles. The van der Waals surface area contributed by atoms with E-state index in [0.717, 1.165) is 23.5 Å². The Kier molecular flexibility index (Phi) is 4.51. The Bertz CT molecular complexity index is 1240. The second-order valence-corrected chi connectivity index (χ2v) is 6.34.